The number of nitrogens with zero attached hydrogens (tertiary/aromatic N) is 2. The SMILES string of the molecule is N=CN(c1ccc(-c2cnc[nH]2)cc1)C1CCCCC1. The number of hydrogen-bond acceptors (Lipinski definition) is 2. The Hall–Kier alpha value is -2.10. The Balaban J connectivity index is 1.80. The van der Waals surface area contributed by atoms with Crippen LogP contribution in [0.5, 0.6) is 0 Å². The molecule has 104 valence electrons. The van der Waals surface area contributed by atoms with Crippen LogP contribution in [0.1, 0.15) is 32.1 Å². The van der Waals surface area contributed by atoms with E-state index >= 15 is 0 Å². The summed E-state index contributed by atoms with van der Waals surface area (Å²) in [6.45, 7) is 0. The number of rotatable bonds is 4. The molecule has 1 heterocycles. The topological polar surface area (TPSA) is 55.8 Å². The lowest BCUT2D eigenvalue weighted by Gasteiger charge is -2.32. The Labute approximate surface area is 119 Å². The van der Waals surface area contributed by atoms with Crippen molar-refractivity contribution in [3.05, 3.63) is 36.8 Å². The van der Waals surface area contributed by atoms with Gasteiger partial charge < -0.3 is 9.88 Å². The molecule has 2 aromatic rings. The number of aromatic amines is 1. The lowest BCUT2D eigenvalue weighted by atomic mass is 9.94. The molecule has 0 atom stereocenters. The normalized spacial score (nSPS) is 16.0. The second-order valence-electron chi connectivity index (χ2n) is 5.34. The van der Waals surface area contributed by atoms with Crippen LogP contribution in [0, 0.1) is 5.41 Å². The number of benzene rings is 1. The van der Waals surface area contributed by atoms with Crippen molar-refractivity contribution in [2.75, 3.05) is 4.90 Å². The van der Waals surface area contributed by atoms with Crippen LogP contribution in [-0.4, -0.2) is 22.3 Å². The lowest BCUT2D eigenvalue weighted by molar-refractivity contribution is 0.441. The Morgan fingerprint density at radius 3 is 2.50 bits per heavy atom. The van der Waals surface area contributed by atoms with E-state index in [2.05, 4.69) is 39.1 Å². The van der Waals surface area contributed by atoms with Crippen molar-refractivity contribution in [3.63, 3.8) is 0 Å². The van der Waals surface area contributed by atoms with Crippen molar-refractivity contribution in [1.29, 1.82) is 5.41 Å². The van der Waals surface area contributed by atoms with Gasteiger partial charge in [-0.15, -0.1) is 0 Å². The van der Waals surface area contributed by atoms with Crippen molar-refractivity contribution >= 4 is 12.0 Å². The first kappa shape index (κ1) is 12.9. The quantitative estimate of drug-likeness (QED) is 0.654. The monoisotopic (exact) mass is 268 g/mol. The second-order valence-corrected chi connectivity index (χ2v) is 5.34. The fourth-order valence-electron chi connectivity index (χ4n) is 2.98. The minimum Gasteiger partial charge on any atom is -0.345 e. The lowest BCUT2D eigenvalue weighted by Crippen LogP contribution is -2.35. The van der Waals surface area contributed by atoms with E-state index in [4.69, 9.17) is 5.41 Å². The van der Waals surface area contributed by atoms with Gasteiger partial charge in [0.05, 0.1) is 24.6 Å². The van der Waals surface area contributed by atoms with Crippen LogP contribution in [0.3, 0.4) is 0 Å². The molecule has 3 rings (SSSR count). The molecule has 1 aliphatic carbocycles. The highest BCUT2D eigenvalue weighted by Gasteiger charge is 2.20. The summed E-state index contributed by atoms with van der Waals surface area (Å²) >= 11 is 0. The van der Waals surface area contributed by atoms with Crippen LogP contribution in [0.15, 0.2) is 36.8 Å². The predicted octanol–water partition coefficient (Wildman–Crippen LogP) is 3.82. The van der Waals surface area contributed by atoms with E-state index in [9.17, 15) is 0 Å². The Morgan fingerprint density at radius 1 is 1.15 bits per heavy atom. The fraction of sp³-hybridized carbons (Fsp3) is 0.375. The smallest absolute Gasteiger partial charge is 0.0924 e. The first-order chi connectivity index (χ1) is 9.88. The molecule has 0 radical (unpaired) electrons. The zero-order valence-electron chi connectivity index (χ0n) is 11.5. The molecule has 1 fully saturated rings. The third kappa shape index (κ3) is 2.59. The predicted molar refractivity (Wildman–Crippen MR) is 82.2 cm³/mol. The van der Waals surface area contributed by atoms with Gasteiger partial charge in [-0.05, 0) is 30.5 Å². The Morgan fingerprint density at radius 2 is 1.90 bits per heavy atom. The van der Waals surface area contributed by atoms with Gasteiger partial charge in [0.15, 0.2) is 0 Å². The Kier molecular flexibility index (Phi) is 3.81. The highest BCUT2D eigenvalue weighted by atomic mass is 15.2. The maximum atomic E-state index is 7.71. The van der Waals surface area contributed by atoms with Gasteiger partial charge in [-0.1, -0.05) is 31.4 Å². The number of aromatic nitrogens is 2. The highest BCUT2D eigenvalue weighted by Crippen LogP contribution is 2.27. The van der Waals surface area contributed by atoms with Crippen LogP contribution in [0.2, 0.25) is 0 Å². The standard InChI is InChI=1S/C16H20N4/c17-11-20(14-4-2-1-3-5-14)15-8-6-13(7-9-15)16-10-18-12-19-16/h6-12,14,17H,1-5H2,(H,18,19). The molecule has 0 amide bonds. The average molecular weight is 268 g/mol. The molecule has 0 spiro atoms. The molecule has 4 heteroatoms. The summed E-state index contributed by atoms with van der Waals surface area (Å²) in [5.41, 5.74) is 3.26. The second kappa shape index (κ2) is 5.90. The zero-order chi connectivity index (χ0) is 13.8. The first-order valence-corrected chi connectivity index (χ1v) is 7.26. The third-order valence-electron chi connectivity index (χ3n) is 4.08. The van der Waals surface area contributed by atoms with E-state index in [1.165, 1.54) is 38.4 Å². The summed E-state index contributed by atoms with van der Waals surface area (Å²) in [7, 11) is 0. The van der Waals surface area contributed by atoms with Gasteiger partial charge in [0, 0.05) is 11.7 Å². The molecule has 0 bridgehead atoms. The minimum atomic E-state index is 0.485. The highest BCUT2D eigenvalue weighted by molar-refractivity contribution is 5.78. The van der Waals surface area contributed by atoms with Crippen LogP contribution < -0.4 is 4.90 Å². The van der Waals surface area contributed by atoms with Gasteiger partial charge >= 0.3 is 0 Å². The van der Waals surface area contributed by atoms with Gasteiger partial charge in [0.25, 0.3) is 0 Å². The number of anilines is 1. The summed E-state index contributed by atoms with van der Waals surface area (Å²) in [6.07, 6.45) is 11.3. The molecular formula is C16H20N4. The molecule has 4 nitrogen and oxygen atoms in total. The van der Waals surface area contributed by atoms with Crippen LogP contribution >= 0.6 is 0 Å². The van der Waals surface area contributed by atoms with Gasteiger partial charge in [-0.25, -0.2) is 4.98 Å². The largest absolute Gasteiger partial charge is 0.345 e. The molecule has 2 N–H and O–H groups in total. The first-order valence-electron chi connectivity index (χ1n) is 7.26. The minimum absolute atomic E-state index is 0.485. The van der Waals surface area contributed by atoms with Gasteiger partial charge in [-0.3, -0.25) is 5.41 Å². The van der Waals surface area contributed by atoms with Crippen LogP contribution in [0.25, 0.3) is 11.3 Å². The summed E-state index contributed by atoms with van der Waals surface area (Å²) in [4.78, 5) is 9.26. The zero-order valence-corrected chi connectivity index (χ0v) is 11.5. The van der Waals surface area contributed by atoms with Crippen LogP contribution in [-0.2, 0) is 0 Å². The maximum Gasteiger partial charge on any atom is 0.0924 e. The summed E-state index contributed by atoms with van der Waals surface area (Å²) in [5.74, 6) is 0. The van der Waals surface area contributed by atoms with E-state index in [1.54, 1.807) is 6.33 Å². The van der Waals surface area contributed by atoms with Gasteiger partial charge in [-0.2, -0.15) is 0 Å². The van der Waals surface area contributed by atoms with Crippen molar-refractivity contribution in [2.45, 2.75) is 38.1 Å². The van der Waals surface area contributed by atoms with Gasteiger partial charge in [0.1, 0.15) is 0 Å². The molecule has 0 aliphatic heterocycles. The van der Waals surface area contributed by atoms with Crippen molar-refractivity contribution in [1.82, 2.24) is 9.97 Å². The van der Waals surface area contributed by atoms with E-state index in [0.29, 0.717) is 6.04 Å². The van der Waals surface area contributed by atoms with E-state index in [0.717, 1.165) is 16.9 Å². The molecular weight excluding hydrogens is 248 g/mol. The molecule has 1 aromatic heterocycles. The summed E-state index contributed by atoms with van der Waals surface area (Å²) in [5, 5.41) is 7.71. The van der Waals surface area contributed by atoms with E-state index in [1.807, 2.05) is 6.20 Å². The maximum absolute atomic E-state index is 7.71. The molecule has 20 heavy (non-hydrogen) atoms. The molecule has 1 aromatic carbocycles. The number of H-pyrrole nitrogens is 1. The van der Waals surface area contributed by atoms with Gasteiger partial charge in [0.2, 0.25) is 0 Å². The molecule has 1 saturated carbocycles. The fourth-order valence-corrected chi connectivity index (χ4v) is 2.98. The molecule has 0 saturated heterocycles. The van der Waals surface area contributed by atoms with Crippen LogP contribution in [0.4, 0.5) is 5.69 Å². The number of imidazole rings is 1. The number of hydrogen-bond donors (Lipinski definition) is 2. The van der Waals surface area contributed by atoms with E-state index in [-0.39, 0.29) is 0 Å². The molecule has 0 unspecified atom stereocenters. The van der Waals surface area contributed by atoms with Crippen molar-refractivity contribution in [2.24, 2.45) is 0 Å². The molecule has 1 aliphatic rings. The average Bonchev–Trinajstić information content (AvgIpc) is 3.04. The van der Waals surface area contributed by atoms with E-state index < -0.39 is 0 Å². The Bertz CT molecular complexity index is 538. The van der Waals surface area contributed by atoms with Crippen molar-refractivity contribution in [3.8, 4) is 11.3 Å². The third-order valence-corrected chi connectivity index (χ3v) is 4.08. The number of nitrogens with one attached hydrogen (secondary N) is 2. The summed E-state index contributed by atoms with van der Waals surface area (Å²) in [6, 6.07) is 8.84. The summed E-state index contributed by atoms with van der Waals surface area (Å²) < 4.78 is 0. The van der Waals surface area contributed by atoms with Crippen molar-refractivity contribution < 1.29 is 0 Å².